The molecule has 2 aromatic rings. The molecule has 0 fully saturated rings. The summed E-state index contributed by atoms with van der Waals surface area (Å²) in [6.07, 6.45) is 4.64. The van der Waals surface area contributed by atoms with Gasteiger partial charge in [-0.05, 0) is 35.4 Å². The quantitative estimate of drug-likeness (QED) is 0.647. The van der Waals surface area contributed by atoms with Crippen LogP contribution in [0.2, 0.25) is 0 Å². The highest BCUT2D eigenvalue weighted by molar-refractivity contribution is 5.88. The fraction of sp³-hybridized carbons (Fsp3) is 0.385. The molecule has 0 atom stereocenters. The van der Waals surface area contributed by atoms with E-state index in [1.165, 1.54) is 34.9 Å². The first-order valence-corrected chi connectivity index (χ1v) is 5.28. The van der Waals surface area contributed by atoms with Gasteiger partial charge in [0.05, 0.1) is 0 Å². The minimum absolute atomic E-state index is 0.342. The molecule has 0 saturated carbocycles. The van der Waals surface area contributed by atoms with E-state index >= 15 is 0 Å². The average molecular weight is 185 g/mol. The van der Waals surface area contributed by atoms with Crippen LogP contribution in [0.3, 0.4) is 0 Å². The van der Waals surface area contributed by atoms with E-state index in [1.807, 2.05) is 0 Å². The molecule has 3 rings (SSSR count). The van der Waals surface area contributed by atoms with Gasteiger partial charge in [-0.1, -0.05) is 26.0 Å². The first-order chi connectivity index (χ1) is 6.68. The first-order valence-electron chi connectivity index (χ1n) is 5.28. The van der Waals surface area contributed by atoms with Crippen molar-refractivity contribution in [2.75, 3.05) is 0 Å². The third-order valence-corrected chi connectivity index (χ3v) is 3.54. The predicted molar refractivity (Wildman–Crippen MR) is 59.6 cm³/mol. The maximum absolute atomic E-state index is 3.36. The number of hydrogen-bond donors (Lipinski definition) is 1. The normalized spacial score (nSPS) is 18.7. The van der Waals surface area contributed by atoms with Gasteiger partial charge in [-0.25, -0.2) is 0 Å². The number of nitrogens with one attached hydrogen (secondary N) is 1. The van der Waals surface area contributed by atoms with Crippen molar-refractivity contribution in [1.29, 1.82) is 0 Å². The van der Waals surface area contributed by atoms with E-state index in [-0.39, 0.29) is 0 Å². The van der Waals surface area contributed by atoms with Gasteiger partial charge in [0, 0.05) is 17.1 Å². The summed E-state index contributed by atoms with van der Waals surface area (Å²) in [6, 6.07) is 6.60. The highest BCUT2D eigenvalue weighted by atomic mass is 14.7. The van der Waals surface area contributed by atoms with E-state index in [2.05, 4.69) is 43.2 Å². The van der Waals surface area contributed by atoms with Crippen LogP contribution < -0.4 is 0 Å². The second-order valence-corrected chi connectivity index (χ2v) is 4.93. The van der Waals surface area contributed by atoms with Crippen molar-refractivity contribution in [2.45, 2.75) is 32.1 Å². The van der Waals surface area contributed by atoms with Crippen LogP contribution in [0.15, 0.2) is 24.4 Å². The number of hydrogen-bond acceptors (Lipinski definition) is 0. The van der Waals surface area contributed by atoms with Crippen molar-refractivity contribution in [3.05, 3.63) is 35.5 Å². The molecular weight excluding hydrogens is 170 g/mol. The fourth-order valence-electron chi connectivity index (χ4n) is 2.60. The van der Waals surface area contributed by atoms with Crippen LogP contribution in [-0.2, 0) is 11.8 Å². The minimum Gasteiger partial charge on any atom is -0.361 e. The Bertz CT molecular complexity index is 491. The van der Waals surface area contributed by atoms with Crippen LogP contribution in [0.4, 0.5) is 0 Å². The van der Waals surface area contributed by atoms with Crippen LogP contribution in [0.1, 0.15) is 31.4 Å². The Morgan fingerprint density at radius 1 is 1.29 bits per heavy atom. The van der Waals surface area contributed by atoms with Crippen LogP contribution in [0.5, 0.6) is 0 Å². The molecule has 0 saturated heterocycles. The van der Waals surface area contributed by atoms with Gasteiger partial charge in [0.15, 0.2) is 0 Å². The monoisotopic (exact) mass is 185 g/mol. The van der Waals surface area contributed by atoms with Gasteiger partial charge >= 0.3 is 0 Å². The SMILES string of the molecule is CC1(C)CCc2c[nH]c3cccc1c23. The van der Waals surface area contributed by atoms with Crippen molar-refractivity contribution in [2.24, 2.45) is 0 Å². The number of benzene rings is 1. The summed E-state index contributed by atoms with van der Waals surface area (Å²) in [5.41, 5.74) is 4.65. The molecule has 1 aliphatic rings. The Hall–Kier alpha value is -1.24. The highest BCUT2D eigenvalue weighted by Crippen LogP contribution is 2.40. The summed E-state index contributed by atoms with van der Waals surface area (Å²) in [5.74, 6) is 0. The zero-order valence-electron chi connectivity index (χ0n) is 8.72. The molecule has 0 bridgehead atoms. The number of aryl methyl sites for hydroxylation is 1. The molecule has 1 N–H and O–H groups in total. The largest absolute Gasteiger partial charge is 0.361 e. The van der Waals surface area contributed by atoms with Gasteiger partial charge in [-0.2, -0.15) is 0 Å². The van der Waals surface area contributed by atoms with E-state index in [1.54, 1.807) is 0 Å². The topological polar surface area (TPSA) is 15.8 Å². The van der Waals surface area contributed by atoms with Crippen LogP contribution in [0, 0.1) is 0 Å². The number of aromatic amines is 1. The molecule has 1 nitrogen and oxygen atoms in total. The van der Waals surface area contributed by atoms with Gasteiger partial charge < -0.3 is 4.98 Å². The summed E-state index contributed by atoms with van der Waals surface area (Å²) >= 11 is 0. The third kappa shape index (κ3) is 0.899. The van der Waals surface area contributed by atoms with Crippen LogP contribution in [-0.4, -0.2) is 4.98 Å². The van der Waals surface area contributed by atoms with E-state index < -0.39 is 0 Å². The molecule has 14 heavy (non-hydrogen) atoms. The summed E-state index contributed by atoms with van der Waals surface area (Å²) in [4.78, 5) is 3.36. The maximum Gasteiger partial charge on any atom is 0.0459 e. The van der Waals surface area contributed by atoms with Crippen molar-refractivity contribution in [3.63, 3.8) is 0 Å². The highest BCUT2D eigenvalue weighted by Gasteiger charge is 2.28. The van der Waals surface area contributed by atoms with E-state index in [9.17, 15) is 0 Å². The number of H-pyrrole nitrogens is 1. The lowest BCUT2D eigenvalue weighted by atomic mass is 9.74. The van der Waals surface area contributed by atoms with Crippen LogP contribution in [0.25, 0.3) is 10.9 Å². The standard InChI is InChI=1S/C13H15N/c1-13(2)7-6-9-8-14-11-5-3-4-10(13)12(9)11/h3-5,8,14H,6-7H2,1-2H3. The smallest absolute Gasteiger partial charge is 0.0459 e. The Kier molecular flexibility index (Phi) is 1.40. The molecule has 72 valence electrons. The second kappa shape index (κ2) is 2.41. The molecular formula is C13H15N. The van der Waals surface area contributed by atoms with Gasteiger partial charge in [0.2, 0.25) is 0 Å². The molecule has 0 amide bonds. The lowest BCUT2D eigenvalue weighted by Gasteiger charge is -2.30. The number of rotatable bonds is 0. The zero-order chi connectivity index (χ0) is 9.76. The van der Waals surface area contributed by atoms with E-state index in [0.29, 0.717) is 5.41 Å². The van der Waals surface area contributed by atoms with Crippen molar-refractivity contribution >= 4 is 10.9 Å². The minimum atomic E-state index is 0.342. The Balaban J connectivity index is 2.46. The molecule has 1 heteroatoms. The molecule has 1 aromatic carbocycles. The van der Waals surface area contributed by atoms with Gasteiger partial charge in [-0.3, -0.25) is 0 Å². The van der Waals surface area contributed by atoms with E-state index in [0.717, 1.165) is 0 Å². The molecule has 1 heterocycles. The fourth-order valence-corrected chi connectivity index (χ4v) is 2.60. The van der Waals surface area contributed by atoms with Gasteiger partial charge in [0.1, 0.15) is 0 Å². The summed E-state index contributed by atoms with van der Waals surface area (Å²) in [7, 11) is 0. The van der Waals surface area contributed by atoms with E-state index in [4.69, 9.17) is 0 Å². The Morgan fingerprint density at radius 3 is 3.00 bits per heavy atom. The molecule has 0 radical (unpaired) electrons. The second-order valence-electron chi connectivity index (χ2n) is 4.93. The molecule has 1 aromatic heterocycles. The average Bonchev–Trinajstić information content (AvgIpc) is 2.57. The van der Waals surface area contributed by atoms with Crippen molar-refractivity contribution in [1.82, 2.24) is 4.98 Å². The van der Waals surface area contributed by atoms with Crippen molar-refractivity contribution in [3.8, 4) is 0 Å². The lowest BCUT2D eigenvalue weighted by molar-refractivity contribution is 0.475. The maximum atomic E-state index is 3.36. The zero-order valence-corrected chi connectivity index (χ0v) is 8.72. The number of aromatic nitrogens is 1. The first kappa shape index (κ1) is 8.10. The molecule has 1 aliphatic carbocycles. The van der Waals surface area contributed by atoms with Gasteiger partial charge in [-0.15, -0.1) is 0 Å². The Morgan fingerprint density at radius 2 is 2.14 bits per heavy atom. The molecule has 0 aliphatic heterocycles. The predicted octanol–water partition coefficient (Wildman–Crippen LogP) is 3.39. The molecule has 0 spiro atoms. The third-order valence-electron chi connectivity index (χ3n) is 3.54. The van der Waals surface area contributed by atoms with Crippen LogP contribution >= 0.6 is 0 Å². The van der Waals surface area contributed by atoms with Gasteiger partial charge in [0.25, 0.3) is 0 Å². The molecule has 0 unspecified atom stereocenters. The summed E-state index contributed by atoms with van der Waals surface area (Å²) in [6.45, 7) is 4.69. The summed E-state index contributed by atoms with van der Waals surface area (Å²) in [5, 5.41) is 1.48. The summed E-state index contributed by atoms with van der Waals surface area (Å²) < 4.78 is 0. The lowest BCUT2D eigenvalue weighted by Crippen LogP contribution is -2.21. The Labute approximate surface area is 84.1 Å². The van der Waals surface area contributed by atoms with Crippen molar-refractivity contribution < 1.29 is 0 Å².